The molecule has 1 aliphatic rings. The van der Waals surface area contributed by atoms with Gasteiger partial charge in [0.15, 0.2) is 0 Å². The molecule has 1 N–H and O–H groups in total. The largest absolute Gasteiger partial charge is 0.369 e. The van der Waals surface area contributed by atoms with Crippen molar-refractivity contribution in [3.05, 3.63) is 36.5 Å². The summed E-state index contributed by atoms with van der Waals surface area (Å²) in [5, 5.41) is 0. The number of carbonyl (C=O) groups is 1. The average molecular weight is 398 g/mol. The minimum atomic E-state index is -3.44. The number of nitrogens with one attached hydrogen (secondary N) is 1. The molecular formula is C21H35NO4S. The summed E-state index contributed by atoms with van der Waals surface area (Å²) in [7, 11) is -3.44. The molecular weight excluding hydrogens is 362 g/mol. The molecule has 1 fully saturated rings. The molecule has 0 aliphatic carbocycles. The zero-order valence-electron chi connectivity index (χ0n) is 16.7. The fourth-order valence-electron chi connectivity index (χ4n) is 2.76. The van der Waals surface area contributed by atoms with Crippen LogP contribution in [-0.4, -0.2) is 32.8 Å². The summed E-state index contributed by atoms with van der Waals surface area (Å²) in [6.45, 7) is 2.22. The summed E-state index contributed by atoms with van der Waals surface area (Å²) in [4.78, 5) is 11.3. The summed E-state index contributed by atoms with van der Waals surface area (Å²) in [6.07, 6.45) is 24.2. The third-order valence-corrected chi connectivity index (χ3v) is 4.86. The van der Waals surface area contributed by atoms with Crippen molar-refractivity contribution in [2.45, 2.75) is 83.3 Å². The fraction of sp³-hybridized carbons (Fsp3) is 0.667. The van der Waals surface area contributed by atoms with E-state index in [0.29, 0.717) is 18.6 Å². The van der Waals surface area contributed by atoms with Gasteiger partial charge >= 0.3 is 0 Å². The average Bonchev–Trinajstić information content (AvgIpc) is 3.33. The molecule has 0 spiro atoms. The Bertz CT molecular complexity index is 608. The molecule has 1 amide bonds. The molecule has 0 radical (unpaired) electrons. The van der Waals surface area contributed by atoms with E-state index in [9.17, 15) is 13.2 Å². The first kappa shape index (κ1) is 23.6. The second-order valence-electron chi connectivity index (χ2n) is 7.02. The number of hydrogen-bond donors (Lipinski definition) is 1. The molecule has 1 heterocycles. The number of amides is 1. The van der Waals surface area contributed by atoms with Crippen molar-refractivity contribution in [1.82, 2.24) is 4.72 Å². The quantitative estimate of drug-likeness (QED) is 0.252. The van der Waals surface area contributed by atoms with E-state index in [1.165, 1.54) is 25.7 Å². The van der Waals surface area contributed by atoms with Gasteiger partial charge in [0.05, 0.1) is 18.5 Å². The van der Waals surface area contributed by atoms with Crippen LogP contribution in [0.2, 0.25) is 0 Å². The Labute approximate surface area is 165 Å². The number of carbonyl (C=O) groups excluding carboxylic acids is 1. The number of hydrogen-bond acceptors (Lipinski definition) is 4. The van der Waals surface area contributed by atoms with Crippen molar-refractivity contribution < 1.29 is 17.9 Å². The minimum Gasteiger partial charge on any atom is -0.369 e. The lowest BCUT2D eigenvalue weighted by Crippen LogP contribution is -2.28. The normalized spacial score (nSPS) is 20.1. The monoisotopic (exact) mass is 397 g/mol. The Morgan fingerprint density at radius 2 is 1.63 bits per heavy atom. The zero-order valence-corrected chi connectivity index (χ0v) is 17.5. The highest BCUT2D eigenvalue weighted by Crippen LogP contribution is 2.30. The SMILES string of the molecule is CCCCC[C@@H]1O[C@@H]1C/C=C\C/C=C\C/C=C\CCCC(=O)NS(C)(=O)=O. The van der Waals surface area contributed by atoms with Gasteiger partial charge in [-0.3, -0.25) is 9.52 Å². The Morgan fingerprint density at radius 3 is 2.30 bits per heavy atom. The highest BCUT2D eigenvalue weighted by atomic mass is 32.2. The van der Waals surface area contributed by atoms with Crippen LogP contribution in [0, 0.1) is 0 Å². The number of unbranched alkanes of at least 4 members (excludes halogenated alkanes) is 3. The van der Waals surface area contributed by atoms with Crippen molar-refractivity contribution in [2.75, 3.05) is 6.26 Å². The van der Waals surface area contributed by atoms with Gasteiger partial charge in [-0.2, -0.15) is 0 Å². The molecule has 0 aromatic carbocycles. The van der Waals surface area contributed by atoms with Crippen molar-refractivity contribution >= 4 is 15.9 Å². The van der Waals surface area contributed by atoms with Crippen LogP contribution in [0.5, 0.6) is 0 Å². The van der Waals surface area contributed by atoms with Gasteiger partial charge in [0.1, 0.15) is 0 Å². The molecule has 1 aliphatic heterocycles. The van der Waals surface area contributed by atoms with E-state index in [0.717, 1.165) is 31.9 Å². The molecule has 27 heavy (non-hydrogen) atoms. The molecule has 1 saturated heterocycles. The molecule has 154 valence electrons. The van der Waals surface area contributed by atoms with Gasteiger partial charge in [-0.15, -0.1) is 0 Å². The molecule has 0 aromatic heterocycles. The van der Waals surface area contributed by atoms with Gasteiger partial charge in [0, 0.05) is 6.42 Å². The van der Waals surface area contributed by atoms with Gasteiger partial charge in [0.2, 0.25) is 15.9 Å². The summed E-state index contributed by atoms with van der Waals surface area (Å²) in [5.74, 6) is -0.443. The third kappa shape index (κ3) is 14.3. The van der Waals surface area contributed by atoms with Gasteiger partial charge in [-0.05, 0) is 38.5 Å². The highest BCUT2D eigenvalue weighted by Gasteiger charge is 2.36. The maximum atomic E-state index is 11.3. The van der Waals surface area contributed by atoms with Gasteiger partial charge in [-0.25, -0.2) is 8.42 Å². The number of epoxide rings is 1. The van der Waals surface area contributed by atoms with Crippen molar-refractivity contribution in [1.29, 1.82) is 0 Å². The summed E-state index contributed by atoms with van der Waals surface area (Å²) in [5.41, 5.74) is 0. The van der Waals surface area contributed by atoms with E-state index in [-0.39, 0.29) is 6.42 Å². The van der Waals surface area contributed by atoms with E-state index < -0.39 is 15.9 Å². The van der Waals surface area contributed by atoms with Crippen LogP contribution in [0.25, 0.3) is 0 Å². The van der Waals surface area contributed by atoms with Crippen LogP contribution in [0.3, 0.4) is 0 Å². The topological polar surface area (TPSA) is 75.8 Å². The van der Waals surface area contributed by atoms with Crippen LogP contribution >= 0.6 is 0 Å². The van der Waals surface area contributed by atoms with Crippen LogP contribution in [0.1, 0.15) is 71.1 Å². The Hall–Kier alpha value is -1.40. The lowest BCUT2D eigenvalue weighted by atomic mass is 10.1. The van der Waals surface area contributed by atoms with E-state index in [2.05, 4.69) is 37.3 Å². The second-order valence-corrected chi connectivity index (χ2v) is 8.77. The smallest absolute Gasteiger partial charge is 0.233 e. The molecule has 2 atom stereocenters. The molecule has 5 nitrogen and oxygen atoms in total. The number of rotatable bonds is 15. The number of allylic oxidation sites excluding steroid dienone is 5. The Morgan fingerprint density at radius 1 is 0.963 bits per heavy atom. The molecule has 6 heteroatoms. The maximum Gasteiger partial charge on any atom is 0.233 e. The molecule has 0 bridgehead atoms. The molecule has 1 rings (SSSR count). The van der Waals surface area contributed by atoms with E-state index in [1.807, 2.05) is 10.8 Å². The first-order chi connectivity index (χ1) is 12.9. The Kier molecular flexibility index (Phi) is 12.0. The highest BCUT2D eigenvalue weighted by molar-refractivity contribution is 7.89. The first-order valence-electron chi connectivity index (χ1n) is 10.0. The molecule has 0 saturated carbocycles. The van der Waals surface area contributed by atoms with Crippen molar-refractivity contribution in [3.8, 4) is 0 Å². The van der Waals surface area contributed by atoms with Gasteiger partial charge in [0.25, 0.3) is 0 Å². The lowest BCUT2D eigenvalue weighted by molar-refractivity contribution is -0.119. The summed E-state index contributed by atoms with van der Waals surface area (Å²) < 4.78 is 29.4. The van der Waals surface area contributed by atoms with Crippen LogP contribution in [0.4, 0.5) is 0 Å². The van der Waals surface area contributed by atoms with E-state index >= 15 is 0 Å². The van der Waals surface area contributed by atoms with Crippen LogP contribution < -0.4 is 4.72 Å². The minimum absolute atomic E-state index is 0.224. The van der Waals surface area contributed by atoms with Crippen LogP contribution in [0.15, 0.2) is 36.5 Å². The summed E-state index contributed by atoms with van der Waals surface area (Å²) >= 11 is 0. The molecule has 0 unspecified atom stereocenters. The van der Waals surface area contributed by atoms with Crippen LogP contribution in [-0.2, 0) is 19.6 Å². The Balaban J connectivity index is 1.94. The second kappa shape index (κ2) is 13.7. The predicted octanol–water partition coefficient (Wildman–Crippen LogP) is 4.42. The van der Waals surface area contributed by atoms with Gasteiger partial charge < -0.3 is 4.74 Å². The summed E-state index contributed by atoms with van der Waals surface area (Å²) in [6, 6.07) is 0. The predicted molar refractivity (Wildman–Crippen MR) is 111 cm³/mol. The maximum absolute atomic E-state index is 11.3. The lowest BCUT2D eigenvalue weighted by Gasteiger charge is -2.00. The molecule has 0 aromatic rings. The fourth-order valence-corrected chi connectivity index (χ4v) is 3.28. The van der Waals surface area contributed by atoms with Gasteiger partial charge in [-0.1, -0.05) is 62.6 Å². The van der Waals surface area contributed by atoms with Crippen molar-refractivity contribution in [2.24, 2.45) is 0 Å². The van der Waals surface area contributed by atoms with E-state index in [1.54, 1.807) is 0 Å². The van der Waals surface area contributed by atoms with E-state index in [4.69, 9.17) is 4.74 Å². The standard InChI is InChI=1S/C21H35NO4S/c1-3-4-13-16-19-20(26-19)17-14-11-9-7-5-6-8-10-12-15-18-21(23)22-27(2,24)25/h5,7-8,10-11,14,19-20H,3-4,6,9,12-13,15-18H2,1-2H3,(H,22,23)/b7-5-,10-8-,14-11-/t19-,20+/m0/s1. The van der Waals surface area contributed by atoms with Crippen molar-refractivity contribution in [3.63, 3.8) is 0 Å². The first-order valence-corrected chi connectivity index (χ1v) is 11.9. The number of sulfonamides is 1. The third-order valence-electron chi connectivity index (χ3n) is 4.27. The number of ether oxygens (including phenoxy) is 1. The zero-order chi connectivity index (χ0) is 20.0.